The minimum atomic E-state index is 0.161. The molecule has 3 N–H and O–H groups in total. The van der Waals surface area contributed by atoms with E-state index in [0.717, 1.165) is 37.5 Å². The standard InChI is InChI=1S/C18H15N5OS/c1-10-14-6-12(4-11-5-13(24)8-20-7-11)22-9-16(14)25-17(10)15-2-3-21-18(19)23-15/h2-3,5-9,24H,4H2,1H3,(H2,19,21,23). The van der Waals surface area contributed by atoms with E-state index in [9.17, 15) is 5.11 Å². The van der Waals surface area contributed by atoms with E-state index in [1.54, 1.807) is 29.8 Å². The number of pyridine rings is 2. The maximum absolute atomic E-state index is 9.56. The molecule has 0 aliphatic carbocycles. The Labute approximate surface area is 148 Å². The number of nitrogen functional groups attached to an aromatic ring is 1. The van der Waals surface area contributed by atoms with Crippen molar-refractivity contribution >= 4 is 27.4 Å². The number of fused-ring (bicyclic) bond motifs is 1. The second-order valence-electron chi connectivity index (χ2n) is 5.76. The molecule has 4 aromatic rings. The van der Waals surface area contributed by atoms with E-state index in [4.69, 9.17) is 5.73 Å². The van der Waals surface area contributed by atoms with Gasteiger partial charge in [-0.15, -0.1) is 11.3 Å². The number of rotatable bonds is 3. The van der Waals surface area contributed by atoms with Gasteiger partial charge in [-0.25, -0.2) is 9.97 Å². The first-order valence-electron chi connectivity index (χ1n) is 7.70. The zero-order chi connectivity index (χ0) is 17.4. The smallest absolute Gasteiger partial charge is 0.220 e. The fourth-order valence-corrected chi connectivity index (χ4v) is 3.92. The average molecular weight is 349 g/mol. The van der Waals surface area contributed by atoms with E-state index >= 15 is 0 Å². The van der Waals surface area contributed by atoms with Crippen LogP contribution in [0.2, 0.25) is 0 Å². The summed E-state index contributed by atoms with van der Waals surface area (Å²) in [7, 11) is 0. The van der Waals surface area contributed by atoms with Gasteiger partial charge in [0.2, 0.25) is 5.95 Å². The summed E-state index contributed by atoms with van der Waals surface area (Å²) >= 11 is 1.64. The first-order valence-corrected chi connectivity index (χ1v) is 8.51. The highest BCUT2D eigenvalue weighted by Gasteiger charge is 2.13. The topological polar surface area (TPSA) is 97.8 Å². The molecule has 0 amide bonds. The first kappa shape index (κ1) is 15.5. The molecule has 4 heterocycles. The van der Waals surface area contributed by atoms with E-state index < -0.39 is 0 Å². The van der Waals surface area contributed by atoms with Crippen LogP contribution >= 0.6 is 11.3 Å². The monoisotopic (exact) mass is 349 g/mol. The number of hydrogen-bond acceptors (Lipinski definition) is 7. The van der Waals surface area contributed by atoms with Crippen molar-refractivity contribution in [3.63, 3.8) is 0 Å². The molecule has 4 aromatic heterocycles. The van der Waals surface area contributed by atoms with Gasteiger partial charge in [-0.05, 0) is 41.6 Å². The summed E-state index contributed by atoms with van der Waals surface area (Å²) in [4.78, 5) is 17.9. The zero-order valence-corrected chi connectivity index (χ0v) is 14.3. The molecule has 124 valence electrons. The molecule has 0 spiro atoms. The van der Waals surface area contributed by atoms with Gasteiger partial charge in [-0.3, -0.25) is 9.97 Å². The van der Waals surface area contributed by atoms with Crippen LogP contribution in [0.15, 0.2) is 43.0 Å². The fraction of sp³-hybridized carbons (Fsp3) is 0.111. The summed E-state index contributed by atoms with van der Waals surface area (Å²) in [5.74, 6) is 0.429. The summed E-state index contributed by atoms with van der Waals surface area (Å²) in [6, 6.07) is 5.65. The Morgan fingerprint density at radius 3 is 2.84 bits per heavy atom. The van der Waals surface area contributed by atoms with Crippen LogP contribution in [0.1, 0.15) is 16.8 Å². The molecule has 0 radical (unpaired) electrons. The molecule has 4 rings (SSSR count). The van der Waals surface area contributed by atoms with Gasteiger partial charge in [0.1, 0.15) is 5.75 Å². The lowest BCUT2D eigenvalue weighted by Gasteiger charge is -2.02. The number of anilines is 1. The van der Waals surface area contributed by atoms with Gasteiger partial charge in [0.25, 0.3) is 0 Å². The SMILES string of the molecule is Cc1c(-c2ccnc(N)n2)sc2cnc(Cc3cncc(O)c3)cc12. The molecule has 6 nitrogen and oxygen atoms in total. The molecule has 7 heteroatoms. The van der Waals surface area contributed by atoms with Crippen LogP contribution in [0.3, 0.4) is 0 Å². The van der Waals surface area contributed by atoms with Gasteiger partial charge in [0.05, 0.1) is 21.5 Å². The van der Waals surface area contributed by atoms with Crippen molar-refractivity contribution in [1.29, 1.82) is 0 Å². The molecule has 0 atom stereocenters. The third-order valence-electron chi connectivity index (χ3n) is 3.95. The van der Waals surface area contributed by atoms with Crippen LogP contribution in [0.4, 0.5) is 5.95 Å². The molecular formula is C18H15N5OS. The second-order valence-corrected chi connectivity index (χ2v) is 6.81. The van der Waals surface area contributed by atoms with Gasteiger partial charge < -0.3 is 10.8 Å². The predicted octanol–water partition coefficient (Wildman–Crippen LogP) is 3.34. The van der Waals surface area contributed by atoms with Gasteiger partial charge in [0, 0.05) is 30.7 Å². The largest absolute Gasteiger partial charge is 0.506 e. The quantitative estimate of drug-likeness (QED) is 0.589. The Hall–Kier alpha value is -3.06. The van der Waals surface area contributed by atoms with Crippen LogP contribution in [0.25, 0.3) is 20.7 Å². The van der Waals surface area contributed by atoms with Crippen LogP contribution in [-0.4, -0.2) is 25.0 Å². The third kappa shape index (κ3) is 3.01. The van der Waals surface area contributed by atoms with Gasteiger partial charge >= 0.3 is 0 Å². The van der Waals surface area contributed by atoms with E-state index in [0.29, 0.717) is 6.42 Å². The first-order chi connectivity index (χ1) is 12.1. The number of thiophene rings is 1. The molecule has 0 fully saturated rings. The number of aromatic hydroxyl groups is 1. The minimum absolute atomic E-state index is 0.161. The molecule has 0 aliphatic heterocycles. The Balaban J connectivity index is 1.75. The Bertz CT molecular complexity index is 1080. The lowest BCUT2D eigenvalue weighted by Crippen LogP contribution is -1.94. The zero-order valence-electron chi connectivity index (χ0n) is 13.5. The molecular weight excluding hydrogens is 334 g/mol. The summed E-state index contributed by atoms with van der Waals surface area (Å²) < 4.78 is 1.10. The molecule has 0 unspecified atom stereocenters. The summed E-state index contributed by atoms with van der Waals surface area (Å²) in [5, 5.41) is 10.7. The Morgan fingerprint density at radius 1 is 1.16 bits per heavy atom. The average Bonchev–Trinajstić information content (AvgIpc) is 2.92. The van der Waals surface area contributed by atoms with Crippen LogP contribution in [0, 0.1) is 6.92 Å². The maximum atomic E-state index is 9.56. The minimum Gasteiger partial charge on any atom is -0.506 e. The van der Waals surface area contributed by atoms with Gasteiger partial charge in [0.15, 0.2) is 0 Å². The number of hydrogen-bond donors (Lipinski definition) is 2. The lowest BCUT2D eigenvalue weighted by atomic mass is 10.1. The number of nitrogens with zero attached hydrogens (tertiary/aromatic N) is 4. The highest BCUT2D eigenvalue weighted by molar-refractivity contribution is 7.22. The van der Waals surface area contributed by atoms with E-state index in [1.807, 2.05) is 12.3 Å². The fourth-order valence-electron chi connectivity index (χ4n) is 2.79. The van der Waals surface area contributed by atoms with E-state index in [-0.39, 0.29) is 11.7 Å². The van der Waals surface area contributed by atoms with Crippen molar-refractivity contribution in [1.82, 2.24) is 19.9 Å². The van der Waals surface area contributed by atoms with Crippen molar-refractivity contribution in [3.8, 4) is 16.3 Å². The van der Waals surface area contributed by atoms with Crippen LogP contribution in [0.5, 0.6) is 5.75 Å². The summed E-state index contributed by atoms with van der Waals surface area (Å²) in [5.41, 5.74) is 9.52. The predicted molar refractivity (Wildman–Crippen MR) is 98.5 cm³/mol. The molecule has 0 aromatic carbocycles. The highest BCUT2D eigenvalue weighted by atomic mass is 32.1. The van der Waals surface area contributed by atoms with Crippen molar-refractivity contribution in [3.05, 3.63) is 59.8 Å². The molecule has 0 bridgehead atoms. The summed E-state index contributed by atoms with van der Waals surface area (Å²) in [6.07, 6.45) is 7.32. The number of aromatic nitrogens is 4. The highest BCUT2D eigenvalue weighted by Crippen LogP contribution is 2.37. The molecule has 25 heavy (non-hydrogen) atoms. The van der Waals surface area contributed by atoms with Crippen molar-refractivity contribution < 1.29 is 5.11 Å². The molecule has 0 saturated heterocycles. The molecule has 0 aliphatic rings. The third-order valence-corrected chi connectivity index (χ3v) is 5.22. The van der Waals surface area contributed by atoms with Gasteiger partial charge in [-0.1, -0.05) is 0 Å². The van der Waals surface area contributed by atoms with E-state index in [2.05, 4.69) is 32.9 Å². The van der Waals surface area contributed by atoms with Crippen molar-refractivity contribution in [2.24, 2.45) is 0 Å². The Morgan fingerprint density at radius 2 is 2.04 bits per heavy atom. The van der Waals surface area contributed by atoms with E-state index in [1.165, 1.54) is 6.20 Å². The Kier molecular flexibility index (Phi) is 3.77. The molecule has 0 saturated carbocycles. The van der Waals surface area contributed by atoms with Crippen molar-refractivity contribution in [2.45, 2.75) is 13.3 Å². The summed E-state index contributed by atoms with van der Waals surface area (Å²) in [6.45, 7) is 2.08. The van der Waals surface area contributed by atoms with Crippen molar-refractivity contribution in [2.75, 3.05) is 5.73 Å². The lowest BCUT2D eigenvalue weighted by molar-refractivity contribution is 0.472. The number of nitrogens with two attached hydrogens (primary N) is 1. The van der Waals surface area contributed by atoms with Gasteiger partial charge in [-0.2, -0.15) is 0 Å². The second kappa shape index (κ2) is 6.10. The van der Waals surface area contributed by atoms with Crippen LogP contribution < -0.4 is 5.73 Å². The maximum Gasteiger partial charge on any atom is 0.220 e. The van der Waals surface area contributed by atoms with Crippen LogP contribution in [-0.2, 0) is 6.42 Å². The number of aryl methyl sites for hydroxylation is 1. The normalized spacial score (nSPS) is 11.1.